The van der Waals surface area contributed by atoms with Crippen molar-refractivity contribution in [3.8, 4) is 0 Å². The molecule has 0 heterocycles. The zero-order valence-corrected chi connectivity index (χ0v) is 16.9. The minimum absolute atomic E-state index is 0.0352. The minimum Gasteiger partial charge on any atom is -0.355 e. The van der Waals surface area contributed by atoms with Crippen LogP contribution in [-0.2, 0) is 9.59 Å². The predicted molar refractivity (Wildman–Crippen MR) is 105 cm³/mol. The SMILES string of the molecule is CC(C)N(C)CCNC(=O)CCSCC(=O)Nc1ccc(Br)cc1. The molecule has 0 aliphatic heterocycles. The van der Waals surface area contributed by atoms with Crippen molar-refractivity contribution in [3.05, 3.63) is 28.7 Å². The number of nitrogens with one attached hydrogen (secondary N) is 2. The molecule has 5 nitrogen and oxygen atoms in total. The van der Waals surface area contributed by atoms with Crippen LogP contribution in [0.2, 0.25) is 0 Å². The first-order valence-electron chi connectivity index (χ1n) is 7.98. The molecule has 0 bridgehead atoms. The summed E-state index contributed by atoms with van der Waals surface area (Å²) in [7, 11) is 2.04. The van der Waals surface area contributed by atoms with Crippen LogP contribution in [0.1, 0.15) is 20.3 Å². The Balaban J connectivity index is 2.09. The molecule has 24 heavy (non-hydrogen) atoms. The van der Waals surface area contributed by atoms with Crippen LogP contribution in [0.3, 0.4) is 0 Å². The molecule has 1 rings (SSSR count). The molecule has 7 heteroatoms. The Kier molecular flexibility index (Phi) is 10.1. The first kappa shape index (κ1) is 21.0. The quantitative estimate of drug-likeness (QED) is 0.576. The van der Waals surface area contributed by atoms with Crippen LogP contribution in [0, 0.1) is 0 Å². The fourth-order valence-electron chi connectivity index (χ4n) is 1.78. The van der Waals surface area contributed by atoms with Crippen molar-refractivity contribution in [2.75, 3.05) is 37.0 Å². The largest absolute Gasteiger partial charge is 0.355 e. The first-order valence-corrected chi connectivity index (χ1v) is 9.93. The van der Waals surface area contributed by atoms with Gasteiger partial charge in [-0.25, -0.2) is 0 Å². The number of hydrogen-bond acceptors (Lipinski definition) is 4. The van der Waals surface area contributed by atoms with Crippen LogP contribution in [0.4, 0.5) is 5.69 Å². The van der Waals surface area contributed by atoms with Gasteiger partial charge in [-0.15, -0.1) is 0 Å². The molecule has 0 saturated carbocycles. The van der Waals surface area contributed by atoms with Gasteiger partial charge >= 0.3 is 0 Å². The summed E-state index contributed by atoms with van der Waals surface area (Å²) < 4.78 is 0.973. The average Bonchev–Trinajstić information content (AvgIpc) is 2.53. The Morgan fingerprint density at radius 1 is 1.21 bits per heavy atom. The number of likely N-dealkylation sites (N-methyl/N-ethyl adjacent to an activating group) is 1. The first-order chi connectivity index (χ1) is 11.4. The molecule has 2 N–H and O–H groups in total. The lowest BCUT2D eigenvalue weighted by atomic mass is 10.3. The molecule has 0 unspecified atom stereocenters. The van der Waals surface area contributed by atoms with E-state index in [1.807, 2.05) is 31.3 Å². The minimum atomic E-state index is -0.0544. The van der Waals surface area contributed by atoms with Crippen LogP contribution >= 0.6 is 27.7 Å². The van der Waals surface area contributed by atoms with Gasteiger partial charge in [0.05, 0.1) is 5.75 Å². The summed E-state index contributed by atoms with van der Waals surface area (Å²) in [6.07, 6.45) is 0.432. The van der Waals surface area contributed by atoms with Gasteiger partial charge in [0.2, 0.25) is 11.8 Å². The number of benzene rings is 1. The van der Waals surface area contributed by atoms with E-state index in [2.05, 4.69) is 45.3 Å². The van der Waals surface area contributed by atoms with E-state index >= 15 is 0 Å². The number of halogens is 1. The second kappa shape index (κ2) is 11.5. The number of carbonyl (C=O) groups is 2. The number of hydrogen-bond donors (Lipinski definition) is 2. The molecule has 0 saturated heterocycles. The zero-order chi connectivity index (χ0) is 17.9. The number of amides is 2. The summed E-state index contributed by atoms with van der Waals surface area (Å²) >= 11 is 4.82. The molecule has 0 radical (unpaired) electrons. The molecule has 2 amide bonds. The van der Waals surface area contributed by atoms with E-state index in [4.69, 9.17) is 0 Å². The van der Waals surface area contributed by atoms with Gasteiger partial charge in [-0.1, -0.05) is 15.9 Å². The Bertz CT molecular complexity index is 523. The summed E-state index contributed by atoms with van der Waals surface area (Å²) in [5, 5.41) is 5.73. The van der Waals surface area contributed by atoms with Gasteiger partial charge < -0.3 is 15.5 Å². The number of anilines is 1. The molecule has 0 atom stereocenters. The van der Waals surface area contributed by atoms with E-state index in [0.717, 1.165) is 16.7 Å². The summed E-state index contributed by atoms with van der Waals surface area (Å²) in [5.74, 6) is 0.966. The van der Waals surface area contributed by atoms with Gasteiger partial charge in [-0.05, 0) is 45.2 Å². The van der Waals surface area contributed by atoms with Crippen LogP contribution in [-0.4, -0.2) is 54.4 Å². The molecule has 0 aromatic heterocycles. The van der Waals surface area contributed by atoms with Crippen molar-refractivity contribution < 1.29 is 9.59 Å². The number of thioether (sulfide) groups is 1. The highest BCUT2D eigenvalue weighted by atomic mass is 79.9. The molecule has 134 valence electrons. The molecule has 0 spiro atoms. The Labute approximate surface area is 157 Å². The standard InChI is InChI=1S/C17H26BrN3O2S/c1-13(2)21(3)10-9-19-16(22)8-11-24-12-17(23)20-15-6-4-14(18)5-7-15/h4-7,13H,8-12H2,1-3H3,(H,19,22)(H,20,23). The molecule has 0 aliphatic rings. The zero-order valence-electron chi connectivity index (χ0n) is 14.5. The second-order valence-corrected chi connectivity index (χ2v) is 7.80. The Hall–Kier alpha value is -1.05. The predicted octanol–water partition coefficient (Wildman–Crippen LogP) is 2.97. The topological polar surface area (TPSA) is 61.4 Å². The summed E-state index contributed by atoms with van der Waals surface area (Å²) in [6, 6.07) is 7.91. The van der Waals surface area contributed by atoms with Gasteiger partial charge in [-0.2, -0.15) is 11.8 Å². The van der Waals surface area contributed by atoms with E-state index in [9.17, 15) is 9.59 Å². The van der Waals surface area contributed by atoms with Crippen molar-refractivity contribution in [1.29, 1.82) is 0 Å². The van der Waals surface area contributed by atoms with Crippen molar-refractivity contribution in [1.82, 2.24) is 10.2 Å². The van der Waals surface area contributed by atoms with Crippen molar-refractivity contribution in [2.45, 2.75) is 26.3 Å². The molecule has 1 aromatic rings. The third-order valence-electron chi connectivity index (χ3n) is 3.50. The lowest BCUT2D eigenvalue weighted by molar-refractivity contribution is -0.120. The number of carbonyl (C=O) groups excluding carboxylic acids is 2. The maximum Gasteiger partial charge on any atom is 0.234 e. The maximum atomic E-state index is 11.8. The van der Waals surface area contributed by atoms with E-state index in [0.29, 0.717) is 30.5 Å². The third kappa shape index (κ3) is 9.30. The fraction of sp³-hybridized carbons (Fsp3) is 0.529. The van der Waals surface area contributed by atoms with Crippen LogP contribution in [0.5, 0.6) is 0 Å². The Morgan fingerprint density at radius 2 is 1.88 bits per heavy atom. The normalized spacial score (nSPS) is 10.9. The van der Waals surface area contributed by atoms with Crippen molar-refractivity contribution >= 4 is 45.2 Å². The molecular formula is C17H26BrN3O2S. The Morgan fingerprint density at radius 3 is 2.50 bits per heavy atom. The van der Waals surface area contributed by atoms with Gasteiger partial charge in [0, 0.05) is 41.5 Å². The third-order valence-corrected chi connectivity index (χ3v) is 4.99. The van der Waals surface area contributed by atoms with Gasteiger partial charge in [0.1, 0.15) is 0 Å². The highest BCUT2D eigenvalue weighted by Gasteiger charge is 2.06. The lowest BCUT2D eigenvalue weighted by Gasteiger charge is -2.20. The van der Waals surface area contributed by atoms with Gasteiger partial charge in [0.15, 0.2) is 0 Å². The maximum absolute atomic E-state index is 11.8. The molecule has 0 fully saturated rings. The molecule has 0 aliphatic carbocycles. The van der Waals surface area contributed by atoms with Crippen molar-refractivity contribution in [3.63, 3.8) is 0 Å². The van der Waals surface area contributed by atoms with E-state index < -0.39 is 0 Å². The highest BCUT2D eigenvalue weighted by Crippen LogP contribution is 2.14. The van der Waals surface area contributed by atoms with Crippen LogP contribution < -0.4 is 10.6 Å². The van der Waals surface area contributed by atoms with Crippen LogP contribution in [0.15, 0.2) is 28.7 Å². The number of rotatable bonds is 10. The summed E-state index contributed by atoms with van der Waals surface area (Å²) in [4.78, 5) is 25.7. The molecule has 1 aromatic carbocycles. The smallest absolute Gasteiger partial charge is 0.234 e. The summed E-state index contributed by atoms with van der Waals surface area (Å²) in [5.41, 5.74) is 0.774. The van der Waals surface area contributed by atoms with Gasteiger partial charge in [-0.3, -0.25) is 9.59 Å². The van der Waals surface area contributed by atoms with E-state index in [-0.39, 0.29) is 11.8 Å². The average molecular weight is 416 g/mol. The van der Waals surface area contributed by atoms with Crippen molar-refractivity contribution in [2.24, 2.45) is 0 Å². The highest BCUT2D eigenvalue weighted by molar-refractivity contribution is 9.10. The lowest BCUT2D eigenvalue weighted by Crippen LogP contribution is -2.36. The summed E-state index contributed by atoms with van der Waals surface area (Å²) in [6.45, 7) is 5.74. The van der Waals surface area contributed by atoms with Gasteiger partial charge in [0.25, 0.3) is 0 Å². The molecular weight excluding hydrogens is 390 g/mol. The monoisotopic (exact) mass is 415 g/mol. The second-order valence-electron chi connectivity index (χ2n) is 5.78. The van der Waals surface area contributed by atoms with E-state index in [1.54, 1.807) is 0 Å². The fourth-order valence-corrected chi connectivity index (χ4v) is 2.77. The van der Waals surface area contributed by atoms with E-state index in [1.165, 1.54) is 11.8 Å². The van der Waals surface area contributed by atoms with Crippen LogP contribution in [0.25, 0.3) is 0 Å². The number of nitrogens with zero attached hydrogens (tertiary/aromatic N) is 1.